The van der Waals surface area contributed by atoms with Crippen LogP contribution in [-0.2, 0) is 0 Å². The first-order valence-electron chi connectivity index (χ1n) is 5.13. The summed E-state index contributed by atoms with van der Waals surface area (Å²) in [4.78, 5) is 13.9. The molecule has 0 amide bonds. The number of nitrogens with one attached hydrogen (secondary N) is 1. The molecule has 0 atom stereocenters. The van der Waals surface area contributed by atoms with Gasteiger partial charge in [0.1, 0.15) is 5.69 Å². The largest absolute Gasteiger partial charge is 0.475 e. The SMILES string of the molecule is O=C(O)c1cc(-c2cc3cccc(Br)c3[nH]2)no1. The van der Waals surface area contributed by atoms with Crippen molar-refractivity contribution >= 4 is 32.8 Å². The van der Waals surface area contributed by atoms with Crippen LogP contribution >= 0.6 is 15.9 Å². The molecule has 0 fully saturated rings. The van der Waals surface area contributed by atoms with Gasteiger partial charge < -0.3 is 14.6 Å². The number of para-hydroxylation sites is 1. The first-order valence-corrected chi connectivity index (χ1v) is 5.92. The summed E-state index contributed by atoms with van der Waals surface area (Å²) in [6, 6.07) is 9.09. The van der Waals surface area contributed by atoms with Gasteiger partial charge in [-0.15, -0.1) is 0 Å². The van der Waals surface area contributed by atoms with Gasteiger partial charge in [0.2, 0.25) is 5.76 Å². The molecule has 0 aliphatic carbocycles. The van der Waals surface area contributed by atoms with Crippen molar-refractivity contribution in [2.45, 2.75) is 0 Å². The molecule has 0 radical (unpaired) electrons. The molecule has 2 N–H and O–H groups in total. The maximum atomic E-state index is 10.7. The van der Waals surface area contributed by atoms with E-state index in [0.29, 0.717) is 11.4 Å². The summed E-state index contributed by atoms with van der Waals surface area (Å²) >= 11 is 3.44. The molecule has 5 nitrogen and oxygen atoms in total. The van der Waals surface area contributed by atoms with Crippen molar-refractivity contribution in [1.29, 1.82) is 0 Å². The zero-order valence-corrected chi connectivity index (χ0v) is 10.6. The van der Waals surface area contributed by atoms with Gasteiger partial charge in [-0.2, -0.15) is 0 Å². The standard InChI is InChI=1S/C12H7BrN2O3/c13-7-3-1-2-6-4-8(14-11(6)7)9-5-10(12(16)17)18-15-9/h1-5,14H,(H,16,17). The van der Waals surface area contributed by atoms with Crippen LogP contribution in [0.4, 0.5) is 0 Å². The number of aromatic amines is 1. The minimum Gasteiger partial charge on any atom is -0.475 e. The van der Waals surface area contributed by atoms with Crippen LogP contribution in [0.1, 0.15) is 10.6 Å². The number of halogens is 1. The Morgan fingerprint density at radius 2 is 2.22 bits per heavy atom. The third-order valence-corrected chi connectivity index (χ3v) is 3.26. The van der Waals surface area contributed by atoms with Crippen molar-refractivity contribution < 1.29 is 14.4 Å². The van der Waals surface area contributed by atoms with E-state index in [4.69, 9.17) is 9.63 Å². The molecule has 6 heteroatoms. The fourth-order valence-electron chi connectivity index (χ4n) is 1.76. The number of benzene rings is 1. The Bertz CT molecular complexity index is 745. The Morgan fingerprint density at radius 1 is 1.39 bits per heavy atom. The van der Waals surface area contributed by atoms with E-state index < -0.39 is 5.97 Å². The van der Waals surface area contributed by atoms with Crippen molar-refractivity contribution in [2.75, 3.05) is 0 Å². The van der Waals surface area contributed by atoms with E-state index in [1.165, 1.54) is 6.07 Å². The first kappa shape index (κ1) is 11.0. The zero-order chi connectivity index (χ0) is 12.7. The molecule has 18 heavy (non-hydrogen) atoms. The molecular weight excluding hydrogens is 300 g/mol. The van der Waals surface area contributed by atoms with Gasteiger partial charge in [0.05, 0.1) is 11.2 Å². The van der Waals surface area contributed by atoms with Gasteiger partial charge >= 0.3 is 5.97 Å². The highest BCUT2D eigenvalue weighted by atomic mass is 79.9. The minimum absolute atomic E-state index is 0.178. The van der Waals surface area contributed by atoms with Crippen molar-refractivity contribution in [1.82, 2.24) is 10.1 Å². The smallest absolute Gasteiger partial charge is 0.374 e. The predicted octanol–water partition coefficient (Wildman–Crippen LogP) is 3.28. The molecule has 0 unspecified atom stereocenters. The molecular formula is C12H7BrN2O3. The zero-order valence-electron chi connectivity index (χ0n) is 8.98. The number of carboxylic acids is 1. The second-order valence-electron chi connectivity index (χ2n) is 3.77. The molecule has 0 saturated carbocycles. The highest BCUT2D eigenvalue weighted by molar-refractivity contribution is 9.10. The molecule has 0 spiro atoms. The lowest BCUT2D eigenvalue weighted by Gasteiger charge is -1.91. The van der Waals surface area contributed by atoms with Crippen molar-refractivity contribution in [2.24, 2.45) is 0 Å². The Morgan fingerprint density at radius 3 is 2.89 bits per heavy atom. The van der Waals surface area contributed by atoms with E-state index >= 15 is 0 Å². The van der Waals surface area contributed by atoms with Gasteiger partial charge in [-0.25, -0.2) is 4.79 Å². The summed E-state index contributed by atoms with van der Waals surface area (Å²) in [5.41, 5.74) is 2.12. The maximum absolute atomic E-state index is 10.7. The number of aromatic carboxylic acids is 1. The minimum atomic E-state index is -1.13. The van der Waals surface area contributed by atoms with Crippen LogP contribution in [-0.4, -0.2) is 21.2 Å². The number of carbonyl (C=O) groups is 1. The Hall–Kier alpha value is -2.08. The van der Waals surface area contributed by atoms with E-state index in [0.717, 1.165) is 15.4 Å². The number of carboxylic acid groups (broad SMARTS) is 1. The Labute approximate surface area is 110 Å². The number of hydrogen-bond donors (Lipinski definition) is 2. The fourth-order valence-corrected chi connectivity index (χ4v) is 2.24. The second-order valence-corrected chi connectivity index (χ2v) is 4.62. The van der Waals surface area contributed by atoms with Crippen LogP contribution in [0.2, 0.25) is 0 Å². The van der Waals surface area contributed by atoms with Gasteiger partial charge in [0, 0.05) is 15.9 Å². The quantitative estimate of drug-likeness (QED) is 0.761. The summed E-state index contributed by atoms with van der Waals surface area (Å²) in [7, 11) is 0. The summed E-state index contributed by atoms with van der Waals surface area (Å²) in [5.74, 6) is -1.31. The van der Waals surface area contributed by atoms with Crippen LogP contribution in [0.3, 0.4) is 0 Å². The van der Waals surface area contributed by atoms with Gasteiger partial charge in [-0.3, -0.25) is 0 Å². The van der Waals surface area contributed by atoms with Crippen LogP contribution < -0.4 is 0 Å². The highest BCUT2D eigenvalue weighted by Crippen LogP contribution is 2.28. The number of rotatable bonds is 2. The number of H-pyrrole nitrogens is 1. The molecule has 2 heterocycles. The lowest BCUT2D eigenvalue weighted by molar-refractivity contribution is 0.0652. The predicted molar refractivity (Wildman–Crippen MR) is 68.5 cm³/mol. The third-order valence-electron chi connectivity index (χ3n) is 2.60. The summed E-state index contributed by atoms with van der Waals surface area (Å²) in [5, 5.41) is 13.5. The normalized spacial score (nSPS) is 10.9. The molecule has 3 rings (SSSR count). The fraction of sp³-hybridized carbons (Fsp3) is 0. The van der Waals surface area contributed by atoms with Crippen LogP contribution in [0.25, 0.3) is 22.3 Å². The highest BCUT2D eigenvalue weighted by Gasteiger charge is 2.14. The summed E-state index contributed by atoms with van der Waals surface area (Å²) < 4.78 is 5.66. The molecule has 0 saturated heterocycles. The first-order chi connectivity index (χ1) is 8.65. The number of fused-ring (bicyclic) bond motifs is 1. The Kier molecular flexibility index (Phi) is 2.45. The average Bonchev–Trinajstić information content (AvgIpc) is 2.95. The average molecular weight is 307 g/mol. The monoisotopic (exact) mass is 306 g/mol. The number of nitrogens with zero attached hydrogens (tertiary/aromatic N) is 1. The van der Waals surface area contributed by atoms with Gasteiger partial charge in [-0.05, 0) is 28.1 Å². The molecule has 90 valence electrons. The molecule has 3 aromatic rings. The molecule has 0 aliphatic rings. The molecule has 2 aromatic heterocycles. The van der Waals surface area contributed by atoms with E-state index in [1.807, 2.05) is 24.3 Å². The number of aromatic nitrogens is 2. The van der Waals surface area contributed by atoms with Crippen LogP contribution in [0.15, 0.2) is 39.3 Å². The van der Waals surface area contributed by atoms with Crippen LogP contribution in [0, 0.1) is 0 Å². The Balaban J connectivity index is 2.13. The molecule has 1 aromatic carbocycles. The van der Waals surface area contributed by atoms with E-state index in [9.17, 15) is 4.79 Å². The van der Waals surface area contributed by atoms with Gasteiger partial charge in [0.15, 0.2) is 0 Å². The van der Waals surface area contributed by atoms with Crippen molar-refractivity contribution in [3.63, 3.8) is 0 Å². The van der Waals surface area contributed by atoms with E-state index in [-0.39, 0.29) is 5.76 Å². The third kappa shape index (κ3) is 1.70. The van der Waals surface area contributed by atoms with Gasteiger partial charge in [0.25, 0.3) is 0 Å². The topological polar surface area (TPSA) is 79.1 Å². The lowest BCUT2D eigenvalue weighted by atomic mass is 10.2. The van der Waals surface area contributed by atoms with Gasteiger partial charge in [-0.1, -0.05) is 17.3 Å². The molecule has 0 bridgehead atoms. The van der Waals surface area contributed by atoms with Crippen LogP contribution in [0.5, 0.6) is 0 Å². The maximum Gasteiger partial charge on any atom is 0.374 e. The summed E-state index contributed by atoms with van der Waals surface area (Å²) in [6.07, 6.45) is 0. The van der Waals surface area contributed by atoms with E-state index in [2.05, 4.69) is 26.1 Å². The lowest BCUT2D eigenvalue weighted by Crippen LogP contribution is -1.91. The van der Waals surface area contributed by atoms with Crippen molar-refractivity contribution in [3.8, 4) is 11.4 Å². The van der Waals surface area contributed by atoms with Crippen molar-refractivity contribution in [3.05, 3.63) is 40.6 Å². The number of hydrogen-bond acceptors (Lipinski definition) is 3. The molecule has 0 aliphatic heterocycles. The second kappa shape index (κ2) is 3.99. The summed E-state index contributed by atoms with van der Waals surface area (Å²) in [6.45, 7) is 0. The van der Waals surface area contributed by atoms with E-state index in [1.54, 1.807) is 0 Å².